The molecule has 94 valence electrons. The fourth-order valence-electron chi connectivity index (χ4n) is 3.70. The predicted octanol–water partition coefficient (Wildman–Crippen LogP) is 2.30. The largest absolute Gasteiger partial charge is 0.388 e. The lowest BCUT2D eigenvalue weighted by atomic mass is 9.56. The quantitative estimate of drug-likeness (QED) is 0.730. The van der Waals surface area contributed by atoms with E-state index in [4.69, 9.17) is 5.73 Å². The molecule has 0 saturated heterocycles. The minimum absolute atomic E-state index is 0.364. The van der Waals surface area contributed by atoms with Crippen molar-refractivity contribution in [1.82, 2.24) is 0 Å². The lowest BCUT2D eigenvalue weighted by Crippen LogP contribution is -2.72. The molecular formula is C12H21F2NO. The van der Waals surface area contributed by atoms with Crippen molar-refractivity contribution in [2.75, 3.05) is 0 Å². The molecule has 2 rings (SSSR count). The Morgan fingerprint density at radius 2 is 1.56 bits per heavy atom. The first kappa shape index (κ1) is 12.2. The van der Waals surface area contributed by atoms with Crippen LogP contribution in [-0.2, 0) is 0 Å². The average molecular weight is 233 g/mol. The molecule has 4 heteroatoms. The highest BCUT2D eigenvalue weighted by atomic mass is 19.3. The first-order chi connectivity index (χ1) is 7.16. The van der Waals surface area contributed by atoms with Crippen LogP contribution in [0.15, 0.2) is 0 Å². The van der Waals surface area contributed by atoms with Crippen LogP contribution in [0.3, 0.4) is 0 Å². The van der Waals surface area contributed by atoms with Gasteiger partial charge in [-0.25, -0.2) is 8.78 Å². The number of hydrogen-bond acceptors (Lipinski definition) is 2. The molecule has 2 aliphatic carbocycles. The lowest BCUT2D eigenvalue weighted by Gasteiger charge is -2.57. The summed E-state index contributed by atoms with van der Waals surface area (Å²) in [4.78, 5) is 0. The van der Waals surface area contributed by atoms with Gasteiger partial charge >= 0.3 is 0 Å². The molecule has 2 atom stereocenters. The Morgan fingerprint density at radius 3 is 1.94 bits per heavy atom. The monoisotopic (exact) mass is 233 g/mol. The van der Waals surface area contributed by atoms with E-state index in [9.17, 15) is 13.9 Å². The van der Waals surface area contributed by atoms with Gasteiger partial charge in [-0.3, -0.25) is 0 Å². The van der Waals surface area contributed by atoms with Gasteiger partial charge in [0.15, 0.2) is 0 Å². The Balaban J connectivity index is 2.13. The van der Waals surface area contributed by atoms with Crippen LogP contribution in [0, 0.1) is 11.8 Å². The summed E-state index contributed by atoms with van der Waals surface area (Å²) in [5.41, 5.74) is 3.82. The molecule has 2 aliphatic rings. The van der Waals surface area contributed by atoms with Crippen molar-refractivity contribution in [2.24, 2.45) is 17.6 Å². The minimum Gasteiger partial charge on any atom is -0.388 e. The second-order valence-corrected chi connectivity index (χ2v) is 6.25. The van der Waals surface area contributed by atoms with Crippen molar-refractivity contribution in [3.63, 3.8) is 0 Å². The van der Waals surface area contributed by atoms with E-state index in [1.165, 1.54) is 0 Å². The zero-order valence-electron chi connectivity index (χ0n) is 9.97. The van der Waals surface area contributed by atoms with Crippen molar-refractivity contribution < 1.29 is 13.9 Å². The minimum atomic E-state index is -2.67. The molecule has 0 heterocycles. The van der Waals surface area contributed by atoms with Crippen LogP contribution >= 0.6 is 0 Å². The molecule has 0 amide bonds. The highest BCUT2D eigenvalue weighted by Gasteiger charge is 2.64. The number of hydrogen-bond donors (Lipinski definition) is 2. The van der Waals surface area contributed by atoms with Gasteiger partial charge < -0.3 is 10.8 Å². The molecule has 0 aliphatic heterocycles. The normalized spacial score (nSPS) is 46.1. The molecule has 0 radical (unpaired) electrons. The fraction of sp³-hybridized carbons (Fsp3) is 1.00. The van der Waals surface area contributed by atoms with Crippen molar-refractivity contribution in [1.29, 1.82) is 0 Å². The third-order valence-corrected chi connectivity index (χ3v) is 4.25. The SMILES string of the molecule is CC1CC(C)CC(O)(C2(N)CC(F)(F)C2)C1. The maximum absolute atomic E-state index is 13.0. The van der Waals surface area contributed by atoms with E-state index < -0.39 is 17.1 Å². The fourth-order valence-corrected chi connectivity index (χ4v) is 3.70. The summed E-state index contributed by atoms with van der Waals surface area (Å²) in [6.45, 7) is 4.11. The number of rotatable bonds is 1. The highest BCUT2D eigenvalue weighted by molar-refractivity contribution is 5.16. The molecule has 0 bridgehead atoms. The van der Waals surface area contributed by atoms with Gasteiger partial charge in [0, 0.05) is 12.8 Å². The van der Waals surface area contributed by atoms with E-state index >= 15 is 0 Å². The maximum atomic E-state index is 13.0. The van der Waals surface area contributed by atoms with Crippen LogP contribution in [-0.4, -0.2) is 22.2 Å². The Bertz CT molecular complexity index is 275. The second kappa shape index (κ2) is 3.39. The van der Waals surface area contributed by atoms with Crippen molar-refractivity contribution in [3.05, 3.63) is 0 Å². The molecule has 0 aromatic carbocycles. The number of halogens is 2. The lowest BCUT2D eigenvalue weighted by molar-refractivity contribution is -0.207. The Morgan fingerprint density at radius 1 is 1.12 bits per heavy atom. The standard InChI is InChI=1S/C12H21F2NO/c1-8-3-9(2)5-11(16,4-8)10(15)6-12(13,14)7-10/h8-9,16H,3-7,15H2,1-2H3. The average Bonchev–Trinajstić information content (AvgIpc) is 1.96. The first-order valence-electron chi connectivity index (χ1n) is 6.05. The van der Waals surface area contributed by atoms with Crippen LogP contribution in [0.5, 0.6) is 0 Å². The summed E-state index contributed by atoms with van der Waals surface area (Å²) in [6, 6.07) is 0. The van der Waals surface area contributed by atoms with Gasteiger partial charge in [0.25, 0.3) is 5.92 Å². The summed E-state index contributed by atoms with van der Waals surface area (Å²) < 4.78 is 25.9. The molecular weight excluding hydrogens is 212 g/mol. The first-order valence-corrected chi connectivity index (χ1v) is 6.05. The number of aliphatic hydroxyl groups is 1. The number of nitrogens with two attached hydrogens (primary N) is 1. The molecule has 2 nitrogen and oxygen atoms in total. The van der Waals surface area contributed by atoms with Crippen molar-refractivity contribution in [3.8, 4) is 0 Å². The molecule has 0 aromatic rings. The third kappa shape index (κ3) is 1.86. The van der Waals surface area contributed by atoms with Crippen LogP contribution in [0.4, 0.5) is 8.78 Å². The zero-order valence-corrected chi connectivity index (χ0v) is 9.97. The van der Waals surface area contributed by atoms with E-state index in [1.807, 2.05) is 0 Å². The van der Waals surface area contributed by atoms with Gasteiger partial charge in [0.1, 0.15) is 0 Å². The Hall–Kier alpha value is -0.220. The van der Waals surface area contributed by atoms with Gasteiger partial charge in [-0.1, -0.05) is 13.8 Å². The third-order valence-electron chi connectivity index (χ3n) is 4.25. The highest BCUT2D eigenvalue weighted by Crippen LogP contribution is 2.54. The Kier molecular flexibility index (Phi) is 2.59. The molecule has 2 fully saturated rings. The molecule has 2 saturated carbocycles. The van der Waals surface area contributed by atoms with E-state index in [2.05, 4.69) is 13.8 Å². The number of alkyl halides is 2. The summed E-state index contributed by atoms with van der Waals surface area (Å²) in [6.07, 6.45) is 1.44. The summed E-state index contributed by atoms with van der Waals surface area (Å²) in [5, 5.41) is 10.6. The van der Waals surface area contributed by atoms with Crippen LogP contribution in [0.25, 0.3) is 0 Å². The van der Waals surface area contributed by atoms with Gasteiger partial charge in [0.05, 0.1) is 11.1 Å². The summed E-state index contributed by atoms with van der Waals surface area (Å²) >= 11 is 0. The summed E-state index contributed by atoms with van der Waals surface area (Å²) in [7, 11) is 0. The van der Waals surface area contributed by atoms with Crippen molar-refractivity contribution in [2.45, 2.75) is 63.0 Å². The Labute approximate surface area is 95.2 Å². The van der Waals surface area contributed by atoms with Gasteiger partial charge in [0.2, 0.25) is 0 Å². The van der Waals surface area contributed by atoms with E-state index in [-0.39, 0.29) is 12.8 Å². The van der Waals surface area contributed by atoms with E-state index in [1.54, 1.807) is 0 Å². The smallest absolute Gasteiger partial charge is 0.251 e. The maximum Gasteiger partial charge on any atom is 0.251 e. The summed E-state index contributed by atoms with van der Waals surface area (Å²) in [5.74, 6) is -1.94. The van der Waals surface area contributed by atoms with Crippen LogP contribution in [0.2, 0.25) is 0 Å². The van der Waals surface area contributed by atoms with Crippen LogP contribution < -0.4 is 5.73 Å². The van der Waals surface area contributed by atoms with Gasteiger partial charge in [-0.15, -0.1) is 0 Å². The molecule has 3 N–H and O–H groups in total. The second-order valence-electron chi connectivity index (χ2n) is 6.25. The molecule has 16 heavy (non-hydrogen) atoms. The molecule has 0 aromatic heterocycles. The predicted molar refractivity (Wildman–Crippen MR) is 58.2 cm³/mol. The van der Waals surface area contributed by atoms with Gasteiger partial charge in [-0.2, -0.15) is 0 Å². The topological polar surface area (TPSA) is 46.2 Å². The molecule has 2 unspecified atom stereocenters. The molecule has 0 spiro atoms. The van der Waals surface area contributed by atoms with Crippen molar-refractivity contribution >= 4 is 0 Å². The van der Waals surface area contributed by atoms with Gasteiger partial charge in [-0.05, 0) is 31.1 Å². The van der Waals surface area contributed by atoms with Crippen LogP contribution in [0.1, 0.15) is 46.0 Å². The van der Waals surface area contributed by atoms with E-state index in [0.29, 0.717) is 24.7 Å². The zero-order chi connectivity index (χ0) is 12.2. The van der Waals surface area contributed by atoms with E-state index in [0.717, 1.165) is 6.42 Å².